The molecule has 1 aromatic carbocycles. The van der Waals surface area contributed by atoms with Crippen molar-refractivity contribution in [2.45, 2.75) is 6.54 Å². The van der Waals surface area contributed by atoms with Gasteiger partial charge in [0, 0.05) is 17.3 Å². The quantitative estimate of drug-likeness (QED) is 0.698. The first kappa shape index (κ1) is 11.4. The molecule has 0 atom stereocenters. The third kappa shape index (κ3) is 2.60. The van der Waals surface area contributed by atoms with Crippen LogP contribution < -0.4 is 11.1 Å². The molecular weight excluding hydrogens is 238 g/mol. The maximum absolute atomic E-state index is 5.74. The summed E-state index contributed by atoms with van der Waals surface area (Å²) in [6.07, 6.45) is 1.65. The lowest BCUT2D eigenvalue weighted by atomic mass is 10.2. The monoisotopic (exact) mass is 251 g/mol. The summed E-state index contributed by atoms with van der Waals surface area (Å²) in [6, 6.07) is 13.4. The molecule has 0 saturated carbocycles. The summed E-state index contributed by atoms with van der Waals surface area (Å²) in [5.41, 5.74) is 8.27. The molecule has 5 heteroatoms. The molecule has 3 N–H and O–H groups in total. The normalized spacial score (nSPS) is 10.5. The van der Waals surface area contributed by atoms with E-state index in [2.05, 4.69) is 20.5 Å². The number of hydrogen-bond acceptors (Lipinski definition) is 5. The van der Waals surface area contributed by atoms with Crippen molar-refractivity contribution in [2.75, 3.05) is 11.1 Å². The first-order valence-corrected chi connectivity index (χ1v) is 5.98. The van der Waals surface area contributed by atoms with Gasteiger partial charge in [0.1, 0.15) is 5.82 Å². The Bertz CT molecular complexity index is 697. The largest absolute Gasteiger partial charge is 0.399 e. The number of nitrogens with two attached hydrogens (primary N) is 1. The summed E-state index contributed by atoms with van der Waals surface area (Å²) in [5, 5.41) is 12.1. The highest BCUT2D eigenvalue weighted by atomic mass is 15.1. The van der Waals surface area contributed by atoms with Crippen molar-refractivity contribution in [3.05, 3.63) is 54.4 Å². The molecule has 0 bridgehead atoms. The van der Waals surface area contributed by atoms with Gasteiger partial charge in [0.25, 0.3) is 0 Å². The van der Waals surface area contributed by atoms with Gasteiger partial charge in [-0.2, -0.15) is 10.2 Å². The molecule has 3 aromatic rings. The number of nitrogens with zero attached hydrogens (tertiary/aromatic N) is 3. The number of nitrogen functional groups attached to an aromatic ring is 1. The SMILES string of the molecule is Nc1ccc2nc(NCc3cccnn3)ccc2c1. The topological polar surface area (TPSA) is 76.7 Å². The molecule has 0 aliphatic heterocycles. The molecule has 5 nitrogen and oxygen atoms in total. The fourth-order valence-electron chi connectivity index (χ4n) is 1.85. The van der Waals surface area contributed by atoms with E-state index in [0.717, 1.165) is 28.1 Å². The van der Waals surface area contributed by atoms with Gasteiger partial charge in [0.2, 0.25) is 0 Å². The number of anilines is 2. The minimum absolute atomic E-state index is 0.599. The van der Waals surface area contributed by atoms with Gasteiger partial charge < -0.3 is 11.1 Å². The Morgan fingerprint density at radius 1 is 1.11 bits per heavy atom. The molecule has 0 aliphatic carbocycles. The van der Waals surface area contributed by atoms with Gasteiger partial charge in [-0.1, -0.05) is 0 Å². The summed E-state index contributed by atoms with van der Waals surface area (Å²) >= 11 is 0. The van der Waals surface area contributed by atoms with Crippen molar-refractivity contribution in [3.63, 3.8) is 0 Å². The molecule has 0 amide bonds. The zero-order valence-corrected chi connectivity index (χ0v) is 10.2. The van der Waals surface area contributed by atoms with E-state index in [9.17, 15) is 0 Å². The molecule has 0 radical (unpaired) electrons. The lowest BCUT2D eigenvalue weighted by Gasteiger charge is -2.06. The summed E-state index contributed by atoms with van der Waals surface area (Å²) in [4.78, 5) is 4.52. The van der Waals surface area contributed by atoms with Crippen molar-refractivity contribution in [3.8, 4) is 0 Å². The van der Waals surface area contributed by atoms with Crippen molar-refractivity contribution < 1.29 is 0 Å². The molecule has 2 aromatic heterocycles. The van der Waals surface area contributed by atoms with E-state index in [4.69, 9.17) is 5.73 Å². The van der Waals surface area contributed by atoms with Gasteiger partial charge in [-0.3, -0.25) is 0 Å². The van der Waals surface area contributed by atoms with Crippen LogP contribution >= 0.6 is 0 Å². The van der Waals surface area contributed by atoms with E-state index >= 15 is 0 Å². The van der Waals surface area contributed by atoms with E-state index in [0.29, 0.717) is 6.54 Å². The smallest absolute Gasteiger partial charge is 0.126 e. The number of hydrogen-bond donors (Lipinski definition) is 2. The molecular formula is C14H13N5. The van der Waals surface area contributed by atoms with Crippen LogP contribution in [0.2, 0.25) is 0 Å². The highest BCUT2D eigenvalue weighted by Gasteiger charge is 1.99. The summed E-state index contributed by atoms with van der Waals surface area (Å²) in [7, 11) is 0. The van der Waals surface area contributed by atoms with Crippen LogP contribution in [-0.4, -0.2) is 15.2 Å². The van der Waals surface area contributed by atoms with Crippen LogP contribution in [0.5, 0.6) is 0 Å². The second kappa shape index (κ2) is 4.89. The van der Waals surface area contributed by atoms with Gasteiger partial charge in [-0.05, 0) is 42.5 Å². The maximum atomic E-state index is 5.74. The Hall–Kier alpha value is -2.69. The van der Waals surface area contributed by atoms with Crippen molar-refractivity contribution in [1.29, 1.82) is 0 Å². The first-order valence-electron chi connectivity index (χ1n) is 5.98. The summed E-state index contributed by atoms with van der Waals surface area (Å²) in [5.74, 6) is 0.808. The van der Waals surface area contributed by atoms with E-state index in [-0.39, 0.29) is 0 Å². The Morgan fingerprint density at radius 2 is 2.05 bits per heavy atom. The van der Waals surface area contributed by atoms with Gasteiger partial charge in [0.05, 0.1) is 17.8 Å². The second-order valence-electron chi connectivity index (χ2n) is 4.22. The minimum atomic E-state index is 0.599. The highest BCUT2D eigenvalue weighted by molar-refractivity contribution is 5.83. The van der Waals surface area contributed by atoms with Crippen LogP contribution in [0.4, 0.5) is 11.5 Å². The lowest BCUT2D eigenvalue weighted by Crippen LogP contribution is -2.03. The standard InChI is InChI=1S/C14H13N5/c15-11-4-5-13-10(8-11)3-6-14(18-13)16-9-12-2-1-7-17-19-12/h1-8H,9,15H2,(H,16,18). The number of pyridine rings is 1. The van der Waals surface area contributed by atoms with E-state index in [1.807, 2.05) is 42.5 Å². The van der Waals surface area contributed by atoms with E-state index in [1.165, 1.54) is 0 Å². The molecule has 94 valence electrons. The molecule has 2 heterocycles. The van der Waals surface area contributed by atoms with Gasteiger partial charge in [-0.25, -0.2) is 4.98 Å². The van der Waals surface area contributed by atoms with E-state index in [1.54, 1.807) is 6.20 Å². The molecule has 0 fully saturated rings. The Balaban J connectivity index is 1.80. The average Bonchev–Trinajstić information content (AvgIpc) is 2.46. The third-order valence-electron chi connectivity index (χ3n) is 2.79. The third-order valence-corrected chi connectivity index (χ3v) is 2.79. The summed E-state index contributed by atoms with van der Waals surface area (Å²) in [6.45, 7) is 0.599. The van der Waals surface area contributed by atoms with Gasteiger partial charge in [0.15, 0.2) is 0 Å². The summed E-state index contributed by atoms with van der Waals surface area (Å²) < 4.78 is 0. The zero-order valence-electron chi connectivity index (χ0n) is 10.2. The van der Waals surface area contributed by atoms with Crippen molar-refractivity contribution in [1.82, 2.24) is 15.2 Å². The Morgan fingerprint density at radius 3 is 2.89 bits per heavy atom. The maximum Gasteiger partial charge on any atom is 0.126 e. The molecule has 0 saturated heterocycles. The van der Waals surface area contributed by atoms with E-state index < -0.39 is 0 Å². The fraction of sp³-hybridized carbons (Fsp3) is 0.0714. The van der Waals surface area contributed by atoms with Crippen LogP contribution in [0.15, 0.2) is 48.7 Å². The van der Waals surface area contributed by atoms with Crippen LogP contribution in [0.3, 0.4) is 0 Å². The number of aromatic nitrogens is 3. The molecule has 3 rings (SSSR count). The highest BCUT2D eigenvalue weighted by Crippen LogP contribution is 2.18. The number of nitrogens with one attached hydrogen (secondary N) is 1. The molecule has 0 aliphatic rings. The number of rotatable bonds is 3. The van der Waals surface area contributed by atoms with Crippen molar-refractivity contribution in [2.24, 2.45) is 0 Å². The second-order valence-corrected chi connectivity index (χ2v) is 4.22. The molecule has 0 spiro atoms. The van der Waals surface area contributed by atoms with Crippen LogP contribution in [-0.2, 0) is 6.54 Å². The van der Waals surface area contributed by atoms with Crippen LogP contribution in [0, 0.1) is 0 Å². The van der Waals surface area contributed by atoms with Gasteiger partial charge in [-0.15, -0.1) is 0 Å². The predicted octanol–water partition coefficient (Wildman–Crippen LogP) is 2.22. The van der Waals surface area contributed by atoms with Crippen molar-refractivity contribution >= 4 is 22.4 Å². The molecule has 19 heavy (non-hydrogen) atoms. The van der Waals surface area contributed by atoms with Crippen LogP contribution in [0.25, 0.3) is 10.9 Å². The lowest BCUT2D eigenvalue weighted by molar-refractivity contribution is 0.921. The fourth-order valence-corrected chi connectivity index (χ4v) is 1.85. The Labute approximate surface area is 110 Å². The average molecular weight is 251 g/mol. The van der Waals surface area contributed by atoms with Crippen LogP contribution in [0.1, 0.15) is 5.69 Å². The first-order chi connectivity index (χ1) is 9.31. The minimum Gasteiger partial charge on any atom is -0.399 e. The van der Waals surface area contributed by atoms with Gasteiger partial charge >= 0.3 is 0 Å². The molecule has 0 unspecified atom stereocenters. The number of fused-ring (bicyclic) bond motifs is 1. The predicted molar refractivity (Wildman–Crippen MR) is 75.5 cm³/mol. The zero-order chi connectivity index (χ0) is 13.1. The Kier molecular flexibility index (Phi) is 2.94. The number of benzene rings is 1.